The van der Waals surface area contributed by atoms with E-state index in [9.17, 15) is 4.79 Å². The van der Waals surface area contributed by atoms with Crippen molar-refractivity contribution in [3.8, 4) is 10.7 Å². The number of carbonyl (C=O) groups excluding carboxylic acids is 1. The summed E-state index contributed by atoms with van der Waals surface area (Å²) in [6.45, 7) is 0.236. The standard InChI is InChI=1S/C10H11N5O2S/c1-17-5-7-8(9(16)15-11)18-10(14-7)6-4-12-2-3-13-6/h2-4H,5,11H2,1H3,(H,15,16). The fraction of sp³-hybridized carbons (Fsp3) is 0.200. The molecule has 0 bridgehead atoms. The molecule has 0 saturated carbocycles. The van der Waals surface area contributed by atoms with E-state index in [0.29, 0.717) is 21.3 Å². The van der Waals surface area contributed by atoms with E-state index in [1.165, 1.54) is 18.4 Å². The Morgan fingerprint density at radius 2 is 2.39 bits per heavy atom. The minimum Gasteiger partial charge on any atom is -0.378 e. The molecule has 0 spiro atoms. The maximum Gasteiger partial charge on any atom is 0.277 e. The highest BCUT2D eigenvalue weighted by Gasteiger charge is 2.18. The van der Waals surface area contributed by atoms with E-state index in [4.69, 9.17) is 10.6 Å². The zero-order chi connectivity index (χ0) is 13.0. The number of amides is 1. The zero-order valence-electron chi connectivity index (χ0n) is 9.58. The minimum atomic E-state index is -0.394. The lowest BCUT2D eigenvalue weighted by atomic mass is 10.3. The van der Waals surface area contributed by atoms with Crippen molar-refractivity contribution in [3.63, 3.8) is 0 Å². The second-order valence-corrected chi connectivity index (χ2v) is 4.29. The summed E-state index contributed by atoms with van der Waals surface area (Å²) in [4.78, 5) is 24.4. The predicted molar refractivity (Wildman–Crippen MR) is 65.5 cm³/mol. The van der Waals surface area contributed by atoms with E-state index >= 15 is 0 Å². The Morgan fingerprint density at radius 1 is 1.56 bits per heavy atom. The first kappa shape index (κ1) is 12.6. The van der Waals surface area contributed by atoms with E-state index in [2.05, 4.69) is 20.4 Å². The average Bonchev–Trinajstić information content (AvgIpc) is 2.83. The molecule has 0 aliphatic carbocycles. The fourth-order valence-corrected chi connectivity index (χ4v) is 2.28. The van der Waals surface area contributed by atoms with Crippen molar-refractivity contribution in [2.45, 2.75) is 6.61 Å². The number of ether oxygens (including phenoxy) is 1. The van der Waals surface area contributed by atoms with Crippen LogP contribution in [-0.2, 0) is 11.3 Å². The SMILES string of the molecule is COCc1nc(-c2cnccn2)sc1C(=O)NN. The molecule has 0 aliphatic heterocycles. The highest BCUT2D eigenvalue weighted by molar-refractivity contribution is 7.17. The number of nitrogen functional groups attached to an aromatic ring is 1. The Labute approximate surface area is 107 Å². The third-order valence-electron chi connectivity index (χ3n) is 2.10. The molecule has 0 saturated heterocycles. The Balaban J connectivity index is 2.42. The van der Waals surface area contributed by atoms with Crippen LogP contribution in [0.4, 0.5) is 0 Å². The summed E-state index contributed by atoms with van der Waals surface area (Å²) in [5, 5.41) is 0.605. The second kappa shape index (κ2) is 5.63. The number of rotatable bonds is 4. The third-order valence-corrected chi connectivity index (χ3v) is 3.22. The summed E-state index contributed by atoms with van der Waals surface area (Å²) in [6, 6.07) is 0. The predicted octanol–water partition coefficient (Wildman–Crippen LogP) is 0.350. The van der Waals surface area contributed by atoms with Crippen LogP contribution in [0, 0.1) is 0 Å². The van der Waals surface area contributed by atoms with E-state index in [1.807, 2.05) is 0 Å². The molecule has 1 amide bonds. The van der Waals surface area contributed by atoms with Crippen molar-refractivity contribution in [1.82, 2.24) is 20.4 Å². The summed E-state index contributed by atoms with van der Waals surface area (Å²) in [6.07, 6.45) is 4.72. The van der Waals surface area contributed by atoms with E-state index in [-0.39, 0.29) is 6.61 Å². The number of methoxy groups -OCH3 is 1. The topological polar surface area (TPSA) is 103 Å². The van der Waals surface area contributed by atoms with Gasteiger partial charge in [0.1, 0.15) is 15.6 Å². The summed E-state index contributed by atoms with van der Waals surface area (Å²) in [5.74, 6) is 4.73. The van der Waals surface area contributed by atoms with E-state index in [0.717, 1.165) is 0 Å². The van der Waals surface area contributed by atoms with Gasteiger partial charge in [0.15, 0.2) is 0 Å². The number of nitrogens with two attached hydrogens (primary N) is 1. The van der Waals surface area contributed by atoms with E-state index < -0.39 is 5.91 Å². The number of hydrogen-bond donors (Lipinski definition) is 2. The molecule has 18 heavy (non-hydrogen) atoms. The van der Waals surface area contributed by atoms with Gasteiger partial charge in [0.2, 0.25) is 0 Å². The van der Waals surface area contributed by atoms with Crippen molar-refractivity contribution in [2.24, 2.45) is 5.84 Å². The number of nitrogens with zero attached hydrogens (tertiary/aromatic N) is 3. The highest BCUT2D eigenvalue weighted by Crippen LogP contribution is 2.26. The fourth-order valence-electron chi connectivity index (χ4n) is 1.35. The van der Waals surface area contributed by atoms with Crippen molar-refractivity contribution in [3.05, 3.63) is 29.2 Å². The molecule has 94 valence electrons. The van der Waals surface area contributed by atoms with Gasteiger partial charge < -0.3 is 4.74 Å². The normalized spacial score (nSPS) is 10.3. The molecule has 2 heterocycles. The quantitative estimate of drug-likeness (QED) is 0.469. The Morgan fingerprint density at radius 3 is 3.00 bits per heavy atom. The van der Waals surface area contributed by atoms with Crippen LogP contribution in [0.25, 0.3) is 10.7 Å². The monoisotopic (exact) mass is 265 g/mol. The van der Waals surface area contributed by atoms with Crippen LogP contribution in [0.5, 0.6) is 0 Å². The largest absolute Gasteiger partial charge is 0.378 e. The smallest absolute Gasteiger partial charge is 0.277 e. The van der Waals surface area contributed by atoms with Gasteiger partial charge in [0.25, 0.3) is 5.91 Å². The maximum atomic E-state index is 11.6. The number of carbonyl (C=O) groups is 1. The average molecular weight is 265 g/mol. The molecule has 0 aliphatic rings. The Hall–Kier alpha value is -1.90. The van der Waals surface area contributed by atoms with Crippen molar-refractivity contribution in [1.29, 1.82) is 0 Å². The number of hydrazine groups is 1. The molecule has 0 aromatic carbocycles. The van der Waals surface area contributed by atoms with Crippen molar-refractivity contribution in [2.75, 3.05) is 7.11 Å². The molecule has 0 atom stereocenters. The molecule has 0 unspecified atom stereocenters. The number of nitrogens with one attached hydrogen (secondary N) is 1. The van der Waals surface area contributed by atoms with Gasteiger partial charge in [-0.3, -0.25) is 20.2 Å². The Bertz CT molecular complexity index is 542. The molecule has 7 nitrogen and oxygen atoms in total. The first-order valence-corrected chi connectivity index (χ1v) is 5.84. The number of hydrogen-bond acceptors (Lipinski definition) is 7. The van der Waals surface area contributed by atoms with Gasteiger partial charge in [-0.25, -0.2) is 10.8 Å². The molecular weight excluding hydrogens is 254 g/mol. The Kier molecular flexibility index (Phi) is 3.92. The molecule has 2 aromatic rings. The number of thiazole rings is 1. The van der Waals surface area contributed by atoms with Crippen LogP contribution < -0.4 is 11.3 Å². The molecule has 8 heteroatoms. The second-order valence-electron chi connectivity index (χ2n) is 3.29. The summed E-state index contributed by atoms with van der Waals surface area (Å²) in [5.41, 5.74) is 3.23. The first-order valence-electron chi connectivity index (χ1n) is 5.02. The van der Waals surface area contributed by atoms with Crippen LogP contribution in [0.2, 0.25) is 0 Å². The van der Waals surface area contributed by atoms with Crippen molar-refractivity contribution >= 4 is 17.2 Å². The summed E-state index contributed by atoms with van der Waals surface area (Å²) < 4.78 is 5.00. The molecule has 0 radical (unpaired) electrons. The molecule has 0 fully saturated rings. The van der Waals surface area contributed by atoms with Gasteiger partial charge in [-0.05, 0) is 0 Å². The van der Waals surface area contributed by atoms with Gasteiger partial charge >= 0.3 is 0 Å². The highest BCUT2D eigenvalue weighted by atomic mass is 32.1. The van der Waals surface area contributed by atoms with Crippen LogP contribution in [-0.4, -0.2) is 28.0 Å². The zero-order valence-corrected chi connectivity index (χ0v) is 10.4. The van der Waals surface area contributed by atoms with Gasteiger partial charge in [-0.2, -0.15) is 0 Å². The van der Waals surface area contributed by atoms with Crippen LogP contribution in [0.15, 0.2) is 18.6 Å². The first-order chi connectivity index (χ1) is 8.76. The molecule has 2 rings (SSSR count). The van der Waals surface area contributed by atoms with Crippen molar-refractivity contribution < 1.29 is 9.53 Å². The van der Waals surface area contributed by atoms with Gasteiger partial charge in [0, 0.05) is 19.5 Å². The van der Waals surface area contributed by atoms with Gasteiger partial charge in [0.05, 0.1) is 18.5 Å². The lowest BCUT2D eigenvalue weighted by molar-refractivity contribution is 0.0952. The molecule has 2 aromatic heterocycles. The van der Waals surface area contributed by atoms with Gasteiger partial charge in [-0.1, -0.05) is 0 Å². The maximum absolute atomic E-state index is 11.6. The van der Waals surface area contributed by atoms with Crippen LogP contribution >= 0.6 is 11.3 Å². The van der Waals surface area contributed by atoms with Crippen LogP contribution in [0.1, 0.15) is 15.4 Å². The lowest BCUT2D eigenvalue weighted by Crippen LogP contribution is -2.30. The molecular formula is C10H11N5O2S. The third kappa shape index (κ3) is 2.50. The summed E-state index contributed by atoms with van der Waals surface area (Å²) in [7, 11) is 1.53. The number of aromatic nitrogens is 3. The molecule has 3 N–H and O–H groups in total. The van der Waals surface area contributed by atoms with Gasteiger partial charge in [-0.15, -0.1) is 11.3 Å². The summed E-state index contributed by atoms with van der Waals surface area (Å²) >= 11 is 1.20. The van der Waals surface area contributed by atoms with Crippen LogP contribution in [0.3, 0.4) is 0 Å². The van der Waals surface area contributed by atoms with E-state index in [1.54, 1.807) is 18.6 Å². The lowest BCUT2D eigenvalue weighted by Gasteiger charge is -1.98. The minimum absolute atomic E-state index is 0.236.